The minimum atomic E-state index is -0.0424. The highest BCUT2D eigenvalue weighted by molar-refractivity contribution is 9.10. The Morgan fingerprint density at radius 1 is 1.71 bits per heavy atom. The van der Waals surface area contributed by atoms with Crippen LogP contribution in [0, 0.1) is 12.8 Å². The van der Waals surface area contributed by atoms with Crippen molar-refractivity contribution in [1.82, 2.24) is 4.98 Å². The van der Waals surface area contributed by atoms with Gasteiger partial charge in [-0.1, -0.05) is 12.1 Å². The molecule has 0 radical (unpaired) electrons. The van der Waals surface area contributed by atoms with Gasteiger partial charge >= 0.3 is 0 Å². The zero-order chi connectivity index (χ0) is 13.0. The highest BCUT2D eigenvalue weighted by Gasteiger charge is 2.14. The number of amidine groups is 1. The molecule has 1 heterocycles. The van der Waals surface area contributed by atoms with Crippen molar-refractivity contribution in [1.29, 1.82) is 0 Å². The van der Waals surface area contributed by atoms with Gasteiger partial charge in [0.05, 0.1) is 4.47 Å². The first kappa shape index (κ1) is 13.8. The first-order valence-corrected chi connectivity index (χ1v) is 6.06. The predicted molar refractivity (Wildman–Crippen MR) is 72.5 cm³/mol. The number of pyridine rings is 1. The average Bonchev–Trinajstić information content (AvgIpc) is 2.31. The highest BCUT2D eigenvalue weighted by Crippen LogP contribution is 2.26. The largest absolute Gasteiger partial charge is 0.409 e. The van der Waals surface area contributed by atoms with Crippen molar-refractivity contribution in [2.75, 3.05) is 18.5 Å². The molecule has 5 nitrogen and oxygen atoms in total. The van der Waals surface area contributed by atoms with Gasteiger partial charge in [0.1, 0.15) is 11.7 Å². The van der Waals surface area contributed by atoms with E-state index >= 15 is 0 Å². The highest BCUT2D eigenvalue weighted by atomic mass is 79.9. The number of oxime groups is 1. The topological polar surface area (TPSA) is 74.7 Å². The van der Waals surface area contributed by atoms with Gasteiger partial charge in [-0.2, -0.15) is 0 Å². The van der Waals surface area contributed by atoms with E-state index in [2.05, 4.69) is 26.1 Å². The minimum Gasteiger partial charge on any atom is -0.409 e. The molecule has 1 atom stereocenters. The van der Waals surface area contributed by atoms with E-state index in [1.807, 2.05) is 31.9 Å². The zero-order valence-electron chi connectivity index (χ0n) is 10.2. The second kappa shape index (κ2) is 5.86. The number of rotatable bonds is 4. The summed E-state index contributed by atoms with van der Waals surface area (Å²) in [5.41, 5.74) is 6.68. The number of aryl methyl sites for hydroxylation is 1. The summed E-state index contributed by atoms with van der Waals surface area (Å²) in [5.74, 6) is 1.03. The molecule has 0 saturated heterocycles. The van der Waals surface area contributed by atoms with Crippen LogP contribution < -0.4 is 10.6 Å². The molecular weight excluding hydrogens is 284 g/mol. The summed E-state index contributed by atoms with van der Waals surface area (Å²) in [6.45, 7) is 4.54. The summed E-state index contributed by atoms with van der Waals surface area (Å²) < 4.78 is 0.967. The molecule has 0 bridgehead atoms. The molecule has 0 spiro atoms. The van der Waals surface area contributed by atoms with Crippen molar-refractivity contribution < 1.29 is 5.21 Å². The van der Waals surface area contributed by atoms with Gasteiger partial charge in [-0.25, -0.2) is 4.98 Å². The summed E-state index contributed by atoms with van der Waals surface area (Å²) in [6.07, 6.45) is 1.76. The first-order valence-electron chi connectivity index (χ1n) is 5.27. The molecule has 94 valence electrons. The minimum absolute atomic E-state index is 0.0424. The lowest BCUT2D eigenvalue weighted by molar-refractivity contribution is 0.314. The van der Waals surface area contributed by atoms with Crippen LogP contribution in [0.25, 0.3) is 0 Å². The number of halogens is 1. The molecule has 1 unspecified atom stereocenters. The Hall–Kier alpha value is -1.30. The molecule has 1 aromatic rings. The van der Waals surface area contributed by atoms with Gasteiger partial charge in [0.25, 0.3) is 0 Å². The third-order valence-corrected chi connectivity index (χ3v) is 3.57. The maximum Gasteiger partial charge on any atom is 0.143 e. The Bertz CT molecular complexity index is 422. The summed E-state index contributed by atoms with van der Waals surface area (Å²) in [6, 6.07) is 1.94. The number of anilines is 1. The van der Waals surface area contributed by atoms with Gasteiger partial charge in [0, 0.05) is 25.7 Å². The third kappa shape index (κ3) is 3.33. The van der Waals surface area contributed by atoms with E-state index in [0.717, 1.165) is 15.9 Å². The van der Waals surface area contributed by atoms with Gasteiger partial charge in [0.15, 0.2) is 0 Å². The van der Waals surface area contributed by atoms with Gasteiger partial charge < -0.3 is 15.8 Å². The second-order valence-electron chi connectivity index (χ2n) is 4.07. The monoisotopic (exact) mass is 300 g/mol. The molecule has 0 aromatic carbocycles. The van der Waals surface area contributed by atoms with Crippen molar-refractivity contribution >= 4 is 27.6 Å². The summed E-state index contributed by atoms with van der Waals surface area (Å²) in [5, 5.41) is 11.6. The summed E-state index contributed by atoms with van der Waals surface area (Å²) in [7, 11) is 1.92. The van der Waals surface area contributed by atoms with E-state index in [-0.39, 0.29) is 11.8 Å². The maximum absolute atomic E-state index is 8.61. The third-order valence-electron chi connectivity index (χ3n) is 2.59. The molecule has 0 aliphatic carbocycles. The van der Waals surface area contributed by atoms with Crippen LogP contribution in [0.3, 0.4) is 0 Å². The Balaban J connectivity index is 2.83. The van der Waals surface area contributed by atoms with Crippen molar-refractivity contribution in [3.05, 3.63) is 22.3 Å². The summed E-state index contributed by atoms with van der Waals surface area (Å²) in [4.78, 5) is 6.29. The van der Waals surface area contributed by atoms with Crippen LogP contribution in [0.1, 0.15) is 12.5 Å². The van der Waals surface area contributed by atoms with Gasteiger partial charge in [-0.05, 0) is 34.5 Å². The standard InChI is InChI=1S/C11H17BrN4O/c1-7-4-5-14-11(9(7)12)16(3)6-8(2)10(13)15-17/h4-5,8,17H,6H2,1-3H3,(H2,13,15). The normalized spacial score (nSPS) is 13.5. The van der Waals surface area contributed by atoms with Crippen LogP contribution in [0.4, 0.5) is 5.82 Å². The van der Waals surface area contributed by atoms with Crippen molar-refractivity contribution in [2.45, 2.75) is 13.8 Å². The lowest BCUT2D eigenvalue weighted by Crippen LogP contribution is -2.33. The average molecular weight is 301 g/mol. The number of aromatic nitrogens is 1. The predicted octanol–water partition coefficient (Wildman–Crippen LogP) is 1.97. The Labute approximate surface area is 109 Å². The number of hydrogen-bond acceptors (Lipinski definition) is 4. The SMILES string of the molecule is Cc1ccnc(N(C)CC(C)/C(N)=N/O)c1Br. The molecule has 0 amide bonds. The smallest absolute Gasteiger partial charge is 0.143 e. The number of nitrogens with two attached hydrogens (primary N) is 1. The quantitative estimate of drug-likeness (QED) is 0.386. The zero-order valence-corrected chi connectivity index (χ0v) is 11.8. The molecule has 1 rings (SSSR count). The second-order valence-corrected chi connectivity index (χ2v) is 4.86. The molecule has 1 aromatic heterocycles. The van der Waals surface area contributed by atoms with E-state index in [1.165, 1.54) is 0 Å². The fraction of sp³-hybridized carbons (Fsp3) is 0.455. The van der Waals surface area contributed by atoms with Gasteiger partial charge in [0.2, 0.25) is 0 Å². The Morgan fingerprint density at radius 3 is 2.94 bits per heavy atom. The van der Waals surface area contributed by atoms with E-state index in [1.54, 1.807) is 6.20 Å². The molecule has 3 N–H and O–H groups in total. The van der Waals surface area contributed by atoms with E-state index in [4.69, 9.17) is 10.9 Å². The van der Waals surface area contributed by atoms with Crippen molar-refractivity contribution in [3.63, 3.8) is 0 Å². The molecule has 0 saturated carbocycles. The van der Waals surface area contributed by atoms with Crippen LogP contribution in [0.15, 0.2) is 21.9 Å². The fourth-order valence-corrected chi connectivity index (χ4v) is 2.02. The lowest BCUT2D eigenvalue weighted by atomic mass is 10.1. The Kier molecular flexibility index (Phi) is 4.74. The number of hydrogen-bond donors (Lipinski definition) is 2. The summed E-state index contributed by atoms with van der Waals surface area (Å²) >= 11 is 3.51. The molecule has 0 aliphatic heterocycles. The lowest BCUT2D eigenvalue weighted by Gasteiger charge is -2.23. The number of nitrogens with zero attached hydrogens (tertiary/aromatic N) is 3. The first-order chi connectivity index (χ1) is 7.97. The Morgan fingerprint density at radius 2 is 2.35 bits per heavy atom. The van der Waals surface area contributed by atoms with Gasteiger partial charge in [-0.3, -0.25) is 0 Å². The molecule has 6 heteroatoms. The van der Waals surface area contributed by atoms with Crippen LogP contribution >= 0.6 is 15.9 Å². The van der Waals surface area contributed by atoms with E-state index in [0.29, 0.717) is 6.54 Å². The van der Waals surface area contributed by atoms with Crippen molar-refractivity contribution in [2.24, 2.45) is 16.8 Å². The van der Waals surface area contributed by atoms with E-state index in [9.17, 15) is 0 Å². The van der Waals surface area contributed by atoms with E-state index < -0.39 is 0 Å². The molecular formula is C11H17BrN4O. The van der Waals surface area contributed by atoms with Crippen LogP contribution in [0.5, 0.6) is 0 Å². The van der Waals surface area contributed by atoms with Crippen LogP contribution in [-0.4, -0.2) is 29.6 Å². The maximum atomic E-state index is 8.61. The van der Waals surface area contributed by atoms with Gasteiger partial charge in [-0.15, -0.1) is 0 Å². The van der Waals surface area contributed by atoms with Crippen molar-refractivity contribution in [3.8, 4) is 0 Å². The molecule has 0 aliphatic rings. The molecule has 17 heavy (non-hydrogen) atoms. The molecule has 0 fully saturated rings. The van der Waals surface area contributed by atoms with Crippen LogP contribution in [0.2, 0.25) is 0 Å². The van der Waals surface area contributed by atoms with Crippen LogP contribution in [-0.2, 0) is 0 Å². The fourth-order valence-electron chi connectivity index (χ4n) is 1.48.